The van der Waals surface area contributed by atoms with E-state index in [9.17, 15) is 0 Å². The summed E-state index contributed by atoms with van der Waals surface area (Å²) >= 11 is 0. The van der Waals surface area contributed by atoms with Gasteiger partial charge in [-0.2, -0.15) is 0 Å². The van der Waals surface area contributed by atoms with Gasteiger partial charge in [-0.1, -0.05) is 170 Å². The van der Waals surface area contributed by atoms with E-state index in [0.717, 1.165) is 16.0 Å². The van der Waals surface area contributed by atoms with Crippen LogP contribution in [0.25, 0.3) is 79.7 Å². The molecular weight excluding hydrogens is 553 g/mol. The van der Waals surface area contributed by atoms with Crippen LogP contribution in [0.15, 0.2) is 152 Å². The fourth-order valence-corrected chi connectivity index (χ4v) is 6.51. The second kappa shape index (κ2) is 12.7. The van der Waals surface area contributed by atoms with Gasteiger partial charge in [0.2, 0.25) is 0 Å². The fourth-order valence-electron chi connectivity index (χ4n) is 6.51. The van der Waals surface area contributed by atoms with Crippen LogP contribution >= 0.6 is 0 Å². The molecule has 0 fully saturated rings. The first-order valence-electron chi connectivity index (χ1n) is 15.9. The second-order valence-electron chi connectivity index (χ2n) is 11.8. The second-order valence-corrected chi connectivity index (χ2v) is 11.8. The summed E-state index contributed by atoms with van der Waals surface area (Å²) in [5, 5.41) is 7.14. The van der Waals surface area contributed by atoms with Gasteiger partial charge >= 0.3 is 0 Å². The lowest BCUT2D eigenvalue weighted by Gasteiger charge is -2.16. The average molecular weight is 589 g/mol. The summed E-state index contributed by atoms with van der Waals surface area (Å²) in [4.78, 5) is 0. The van der Waals surface area contributed by atoms with Crippen molar-refractivity contribution in [2.75, 3.05) is 0 Å². The zero-order valence-electron chi connectivity index (χ0n) is 26.4. The largest absolute Gasteiger partial charge is 0.0905 e. The Labute approximate surface area is 271 Å². The predicted molar refractivity (Wildman–Crippen MR) is 202 cm³/mol. The molecule has 0 N–H and O–H groups in total. The molecule has 0 bridgehead atoms. The van der Waals surface area contributed by atoms with Gasteiger partial charge in [-0.05, 0) is 102 Å². The van der Waals surface area contributed by atoms with Crippen LogP contribution in [0.2, 0.25) is 0 Å². The van der Waals surface area contributed by atoms with Gasteiger partial charge in [0.1, 0.15) is 0 Å². The minimum atomic E-state index is 1.04. The number of hydrogen-bond donors (Lipinski definition) is 0. The van der Waals surface area contributed by atoms with Crippen LogP contribution < -0.4 is 10.4 Å². The minimum Gasteiger partial charge on any atom is -0.0905 e. The SMILES string of the molecule is C=c1c(-c2ccc(/C=C/c3ccc4ccccc4c3)cc2)c2ccccc2c(-c2ccc(-c3ccccc3C)cc2)/c1=C/C=C\C. The summed E-state index contributed by atoms with van der Waals surface area (Å²) in [6.45, 7) is 8.93. The molecule has 0 aliphatic heterocycles. The highest BCUT2D eigenvalue weighted by molar-refractivity contribution is 6.05. The zero-order valence-corrected chi connectivity index (χ0v) is 26.4. The Bertz CT molecular complexity index is 2370. The van der Waals surface area contributed by atoms with Gasteiger partial charge in [0.25, 0.3) is 0 Å². The molecule has 0 aliphatic carbocycles. The van der Waals surface area contributed by atoms with Gasteiger partial charge < -0.3 is 0 Å². The number of hydrogen-bond acceptors (Lipinski definition) is 0. The van der Waals surface area contributed by atoms with Crippen LogP contribution in [-0.2, 0) is 0 Å². The van der Waals surface area contributed by atoms with E-state index in [4.69, 9.17) is 6.58 Å². The Hall–Kier alpha value is -5.72. The minimum absolute atomic E-state index is 1.04. The summed E-state index contributed by atoms with van der Waals surface area (Å²) in [6.07, 6.45) is 10.8. The van der Waals surface area contributed by atoms with Crippen molar-refractivity contribution in [2.24, 2.45) is 0 Å². The molecule has 0 saturated carbocycles. The maximum Gasteiger partial charge on any atom is -0.00266 e. The molecule has 0 saturated heterocycles. The summed E-state index contributed by atoms with van der Waals surface area (Å²) in [5.41, 5.74) is 10.9. The Balaban J connectivity index is 1.31. The van der Waals surface area contributed by atoms with Gasteiger partial charge in [-0.15, -0.1) is 0 Å². The molecule has 0 heteroatoms. The average Bonchev–Trinajstić information content (AvgIpc) is 3.10. The Morgan fingerprint density at radius 3 is 1.83 bits per heavy atom. The first-order chi connectivity index (χ1) is 22.6. The van der Waals surface area contributed by atoms with Gasteiger partial charge in [0.15, 0.2) is 0 Å². The Morgan fingerprint density at radius 2 is 1.09 bits per heavy atom. The summed E-state index contributed by atoms with van der Waals surface area (Å²) in [7, 11) is 0. The molecule has 0 aliphatic rings. The fraction of sp³-hybridized carbons (Fsp3) is 0.0435. The van der Waals surface area contributed by atoms with Gasteiger partial charge in [0.05, 0.1) is 0 Å². The molecule has 0 spiro atoms. The van der Waals surface area contributed by atoms with Crippen molar-refractivity contribution in [1.82, 2.24) is 0 Å². The van der Waals surface area contributed by atoms with Gasteiger partial charge in [-0.25, -0.2) is 0 Å². The van der Waals surface area contributed by atoms with Crippen LogP contribution in [0, 0.1) is 6.92 Å². The summed E-state index contributed by atoms with van der Waals surface area (Å²) in [5.74, 6) is 0. The highest BCUT2D eigenvalue weighted by Gasteiger charge is 2.14. The number of aryl methyl sites for hydroxylation is 1. The first kappa shape index (κ1) is 29.0. The maximum absolute atomic E-state index is 4.71. The van der Waals surface area contributed by atoms with Crippen molar-refractivity contribution in [3.63, 3.8) is 0 Å². The molecule has 7 rings (SSSR count). The lowest BCUT2D eigenvalue weighted by atomic mass is 9.87. The third-order valence-electron chi connectivity index (χ3n) is 8.89. The molecule has 0 atom stereocenters. The highest BCUT2D eigenvalue weighted by Crippen LogP contribution is 2.33. The molecule has 46 heavy (non-hydrogen) atoms. The van der Waals surface area contributed by atoms with Crippen LogP contribution in [-0.4, -0.2) is 0 Å². The van der Waals surface area contributed by atoms with Gasteiger partial charge in [0, 0.05) is 0 Å². The van der Waals surface area contributed by atoms with Crippen molar-refractivity contribution in [3.05, 3.63) is 179 Å². The molecule has 220 valence electrons. The molecule has 0 amide bonds. The van der Waals surface area contributed by atoms with E-state index in [2.05, 4.69) is 184 Å². The van der Waals surface area contributed by atoms with E-state index >= 15 is 0 Å². The predicted octanol–water partition coefficient (Wildman–Crippen LogP) is 11.2. The van der Waals surface area contributed by atoms with Crippen LogP contribution in [0.4, 0.5) is 0 Å². The normalized spacial score (nSPS) is 12.2. The van der Waals surface area contributed by atoms with E-state index < -0.39 is 0 Å². The maximum atomic E-state index is 4.71. The number of rotatable bonds is 6. The van der Waals surface area contributed by atoms with Crippen molar-refractivity contribution in [3.8, 4) is 33.4 Å². The Morgan fingerprint density at radius 1 is 0.522 bits per heavy atom. The molecule has 0 heterocycles. The van der Waals surface area contributed by atoms with Crippen molar-refractivity contribution in [2.45, 2.75) is 13.8 Å². The van der Waals surface area contributed by atoms with Crippen molar-refractivity contribution >= 4 is 46.4 Å². The highest BCUT2D eigenvalue weighted by atomic mass is 14.2. The lowest BCUT2D eigenvalue weighted by molar-refractivity contribution is 1.46. The molecule has 0 nitrogen and oxygen atoms in total. The number of allylic oxidation sites excluding steroid dienone is 2. The Kier molecular flexibility index (Phi) is 8.02. The van der Waals surface area contributed by atoms with Gasteiger partial charge in [-0.3, -0.25) is 0 Å². The molecule has 0 aromatic heterocycles. The van der Waals surface area contributed by atoms with E-state index in [0.29, 0.717) is 0 Å². The summed E-state index contributed by atoms with van der Waals surface area (Å²) in [6, 6.07) is 50.3. The van der Waals surface area contributed by atoms with Crippen molar-refractivity contribution in [1.29, 1.82) is 0 Å². The van der Waals surface area contributed by atoms with Crippen LogP contribution in [0.5, 0.6) is 0 Å². The van der Waals surface area contributed by atoms with E-state index in [1.165, 1.54) is 66.1 Å². The standard InChI is InChI=1S/C46H36/c1-4-5-15-42-33(3)45(38-25-21-34(22-26-38)19-20-35-23-24-36-13-7-8-14-40(36)31-35)43-17-10-11-18-44(43)46(42)39-29-27-37(28-30-39)41-16-9-6-12-32(41)2/h4-31H,3H2,1-2H3/b5-4-,20-19+,42-15+. The van der Waals surface area contributed by atoms with Crippen molar-refractivity contribution < 1.29 is 0 Å². The monoisotopic (exact) mass is 588 g/mol. The topological polar surface area (TPSA) is 0 Å². The zero-order chi connectivity index (χ0) is 31.5. The molecule has 0 unspecified atom stereocenters. The molecule has 7 aromatic carbocycles. The number of fused-ring (bicyclic) bond motifs is 2. The van der Waals surface area contributed by atoms with E-state index in [1.54, 1.807) is 0 Å². The molecular formula is C46H36. The quantitative estimate of drug-likeness (QED) is 0.170. The van der Waals surface area contributed by atoms with E-state index in [-0.39, 0.29) is 0 Å². The third kappa shape index (κ3) is 5.62. The van der Waals surface area contributed by atoms with Crippen LogP contribution in [0.1, 0.15) is 23.6 Å². The lowest BCUT2D eigenvalue weighted by Crippen LogP contribution is -2.28. The van der Waals surface area contributed by atoms with E-state index in [1.807, 2.05) is 0 Å². The molecule has 0 radical (unpaired) electrons. The molecule has 7 aromatic rings. The van der Waals surface area contributed by atoms with Crippen LogP contribution in [0.3, 0.4) is 0 Å². The smallest absolute Gasteiger partial charge is 0.00266 e. The third-order valence-corrected chi connectivity index (χ3v) is 8.89. The number of benzene rings is 7. The summed E-state index contributed by atoms with van der Waals surface area (Å²) < 4.78 is 0. The first-order valence-corrected chi connectivity index (χ1v) is 15.9.